The van der Waals surface area contributed by atoms with Gasteiger partial charge in [0, 0.05) is 18.9 Å². The average Bonchev–Trinajstić information content (AvgIpc) is 2.79. The minimum atomic E-state index is 1.02. The first-order chi connectivity index (χ1) is 6.81. The monoisotopic (exact) mass is 193 g/mol. The van der Waals surface area contributed by atoms with E-state index in [1.54, 1.807) is 0 Å². The van der Waals surface area contributed by atoms with Crippen molar-refractivity contribution in [2.45, 2.75) is 32.7 Å². The molecule has 0 bridgehead atoms. The van der Waals surface area contributed by atoms with E-state index in [2.05, 4.69) is 28.4 Å². The van der Waals surface area contributed by atoms with E-state index in [0.29, 0.717) is 0 Å². The van der Waals surface area contributed by atoms with Crippen LogP contribution >= 0.6 is 0 Å². The van der Waals surface area contributed by atoms with Crippen molar-refractivity contribution in [3.63, 3.8) is 0 Å². The minimum Gasteiger partial charge on any atom is -0.334 e. The summed E-state index contributed by atoms with van der Waals surface area (Å²) in [5.74, 6) is 1.21. The van der Waals surface area contributed by atoms with E-state index in [1.165, 1.54) is 37.4 Å². The fourth-order valence-electron chi connectivity index (χ4n) is 2.10. The first-order valence-corrected chi connectivity index (χ1v) is 5.53. The van der Waals surface area contributed by atoms with Crippen molar-refractivity contribution in [3.05, 3.63) is 17.7 Å². The zero-order valence-electron chi connectivity index (χ0n) is 9.16. The standard InChI is InChI=1S/C11H19N3/c1-3-10-8-12-11(13(10)2)9-14-6-4-5-7-14/h8H,3-7,9H2,1-2H3. The molecule has 0 N–H and O–H groups in total. The van der Waals surface area contributed by atoms with E-state index >= 15 is 0 Å². The molecule has 1 aromatic rings. The molecule has 1 aliphatic rings. The number of rotatable bonds is 3. The van der Waals surface area contributed by atoms with Crippen LogP contribution in [0.4, 0.5) is 0 Å². The molecule has 1 aromatic heterocycles. The number of aryl methyl sites for hydroxylation is 1. The molecule has 0 amide bonds. The fourth-order valence-corrected chi connectivity index (χ4v) is 2.10. The quantitative estimate of drug-likeness (QED) is 0.726. The fraction of sp³-hybridized carbons (Fsp3) is 0.727. The van der Waals surface area contributed by atoms with Crippen LogP contribution in [0, 0.1) is 0 Å². The van der Waals surface area contributed by atoms with E-state index in [1.807, 2.05) is 6.20 Å². The second-order valence-corrected chi connectivity index (χ2v) is 4.06. The molecular weight excluding hydrogens is 174 g/mol. The van der Waals surface area contributed by atoms with Crippen molar-refractivity contribution in [3.8, 4) is 0 Å². The second-order valence-electron chi connectivity index (χ2n) is 4.06. The third kappa shape index (κ3) is 1.82. The van der Waals surface area contributed by atoms with E-state index in [-0.39, 0.29) is 0 Å². The van der Waals surface area contributed by atoms with Gasteiger partial charge in [0.1, 0.15) is 5.82 Å². The van der Waals surface area contributed by atoms with Crippen molar-refractivity contribution in [1.29, 1.82) is 0 Å². The van der Waals surface area contributed by atoms with E-state index in [0.717, 1.165) is 13.0 Å². The molecule has 0 radical (unpaired) electrons. The summed E-state index contributed by atoms with van der Waals surface area (Å²) >= 11 is 0. The molecule has 3 nitrogen and oxygen atoms in total. The second kappa shape index (κ2) is 4.13. The average molecular weight is 193 g/mol. The topological polar surface area (TPSA) is 21.1 Å². The first kappa shape index (κ1) is 9.71. The minimum absolute atomic E-state index is 1.02. The van der Waals surface area contributed by atoms with Crippen LogP contribution in [-0.2, 0) is 20.0 Å². The Hall–Kier alpha value is -0.830. The summed E-state index contributed by atoms with van der Waals surface area (Å²) in [6, 6.07) is 0. The lowest BCUT2D eigenvalue weighted by atomic mass is 10.4. The maximum absolute atomic E-state index is 4.47. The van der Waals surface area contributed by atoms with Gasteiger partial charge < -0.3 is 4.57 Å². The van der Waals surface area contributed by atoms with Gasteiger partial charge in [-0.25, -0.2) is 4.98 Å². The number of likely N-dealkylation sites (tertiary alicyclic amines) is 1. The highest BCUT2D eigenvalue weighted by atomic mass is 15.2. The zero-order chi connectivity index (χ0) is 9.97. The molecule has 1 fully saturated rings. The van der Waals surface area contributed by atoms with Crippen LogP contribution in [-0.4, -0.2) is 27.5 Å². The summed E-state index contributed by atoms with van der Waals surface area (Å²) in [7, 11) is 2.12. The van der Waals surface area contributed by atoms with Crippen LogP contribution in [0.15, 0.2) is 6.20 Å². The van der Waals surface area contributed by atoms with Gasteiger partial charge in [0.2, 0.25) is 0 Å². The maximum Gasteiger partial charge on any atom is 0.122 e. The Labute approximate surface area is 85.7 Å². The lowest BCUT2D eigenvalue weighted by molar-refractivity contribution is 0.318. The van der Waals surface area contributed by atoms with Crippen molar-refractivity contribution >= 4 is 0 Å². The molecular formula is C11H19N3. The van der Waals surface area contributed by atoms with E-state index in [4.69, 9.17) is 0 Å². The predicted molar refractivity (Wildman–Crippen MR) is 57.1 cm³/mol. The molecule has 0 aromatic carbocycles. The zero-order valence-corrected chi connectivity index (χ0v) is 9.16. The number of hydrogen-bond acceptors (Lipinski definition) is 2. The molecule has 0 saturated carbocycles. The summed E-state index contributed by atoms with van der Waals surface area (Å²) in [5, 5.41) is 0. The third-order valence-corrected chi connectivity index (χ3v) is 3.11. The summed E-state index contributed by atoms with van der Waals surface area (Å²) in [6.07, 6.45) is 5.78. The Balaban J connectivity index is 2.04. The smallest absolute Gasteiger partial charge is 0.122 e. The summed E-state index contributed by atoms with van der Waals surface area (Å²) < 4.78 is 2.23. The number of imidazole rings is 1. The van der Waals surface area contributed by atoms with Crippen LogP contribution in [0.25, 0.3) is 0 Å². The Morgan fingerprint density at radius 3 is 2.64 bits per heavy atom. The highest BCUT2D eigenvalue weighted by Crippen LogP contribution is 2.12. The summed E-state index contributed by atoms with van der Waals surface area (Å²) in [6.45, 7) is 5.69. The van der Waals surface area contributed by atoms with Crippen LogP contribution in [0.2, 0.25) is 0 Å². The molecule has 14 heavy (non-hydrogen) atoms. The highest BCUT2D eigenvalue weighted by molar-refractivity contribution is 5.04. The molecule has 0 aliphatic carbocycles. The maximum atomic E-state index is 4.47. The summed E-state index contributed by atoms with van der Waals surface area (Å²) in [4.78, 5) is 6.96. The van der Waals surface area contributed by atoms with Gasteiger partial charge in [-0.15, -0.1) is 0 Å². The van der Waals surface area contributed by atoms with Crippen LogP contribution in [0.1, 0.15) is 31.3 Å². The van der Waals surface area contributed by atoms with Gasteiger partial charge >= 0.3 is 0 Å². The van der Waals surface area contributed by atoms with Gasteiger partial charge in [-0.1, -0.05) is 6.92 Å². The van der Waals surface area contributed by atoms with Crippen LogP contribution in [0.3, 0.4) is 0 Å². The van der Waals surface area contributed by atoms with Crippen molar-refractivity contribution in [1.82, 2.24) is 14.5 Å². The van der Waals surface area contributed by atoms with E-state index < -0.39 is 0 Å². The Kier molecular flexibility index (Phi) is 2.87. The summed E-state index contributed by atoms with van der Waals surface area (Å²) in [5.41, 5.74) is 1.33. The Morgan fingerprint density at radius 1 is 1.36 bits per heavy atom. The molecule has 0 atom stereocenters. The largest absolute Gasteiger partial charge is 0.334 e. The molecule has 3 heteroatoms. The first-order valence-electron chi connectivity index (χ1n) is 5.53. The van der Waals surface area contributed by atoms with Gasteiger partial charge in [0.05, 0.1) is 6.54 Å². The van der Waals surface area contributed by atoms with Gasteiger partial charge in [-0.3, -0.25) is 4.90 Å². The SMILES string of the molecule is CCc1cnc(CN2CCCC2)n1C. The predicted octanol–water partition coefficient (Wildman–Crippen LogP) is 1.58. The highest BCUT2D eigenvalue weighted by Gasteiger charge is 2.14. The van der Waals surface area contributed by atoms with Gasteiger partial charge in [-0.05, 0) is 32.4 Å². The molecule has 78 valence electrons. The van der Waals surface area contributed by atoms with Gasteiger partial charge in [0.25, 0.3) is 0 Å². The van der Waals surface area contributed by atoms with Crippen molar-refractivity contribution < 1.29 is 0 Å². The third-order valence-electron chi connectivity index (χ3n) is 3.11. The van der Waals surface area contributed by atoms with Crippen LogP contribution in [0.5, 0.6) is 0 Å². The lowest BCUT2D eigenvalue weighted by Crippen LogP contribution is -2.20. The van der Waals surface area contributed by atoms with Crippen molar-refractivity contribution in [2.24, 2.45) is 7.05 Å². The molecule has 1 aliphatic heterocycles. The normalized spacial score (nSPS) is 17.9. The number of nitrogens with zero attached hydrogens (tertiary/aromatic N) is 3. The van der Waals surface area contributed by atoms with Gasteiger partial charge in [-0.2, -0.15) is 0 Å². The molecule has 0 unspecified atom stereocenters. The lowest BCUT2D eigenvalue weighted by Gasteiger charge is -2.14. The molecule has 2 rings (SSSR count). The van der Waals surface area contributed by atoms with Crippen molar-refractivity contribution in [2.75, 3.05) is 13.1 Å². The number of hydrogen-bond donors (Lipinski definition) is 0. The molecule has 0 spiro atoms. The Bertz CT molecular complexity index is 297. The molecule has 1 saturated heterocycles. The number of aromatic nitrogens is 2. The van der Waals surface area contributed by atoms with E-state index in [9.17, 15) is 0 Å². The Morgan fingerprint density at radius 2 is 2.07 bits per heavy atom. The molecule has 2 heterocycles. The van der Waals surface area contributed by atoms with Crippen LogP contribution < -0.4 is 0 Å². The van der Waals surface area contributed by atoms with Gasteiger partial charge in [0.15, 0.2) is 0 Å².